The predicted octanol–water partition coefficient (Wildman–Crippen LogP) is 2.42. The molecule has 14 heavy (non-hydrogen) atoms. The van der Waals surface area contributed by atoms with Gasteiger partial charge in [0.05, 0.1) is 17.1 Å². The van der Waals surface area contributed by atoms with Crippen molar-refractivity contribution in [3.05, 3.63) is 41.2 Å². The molecule has 3 nitrogen and oxygen atoms in total. The highest BCUT2D eigenvalue weighted by molar-refractivity contribution is 6.30. The van der Waals surface area contributed by atoms with Gasteiger partial charge in [0.15, 0.2) is 0 Å². The molecule has 2 rings (SSSR count). The Morgan fingerprint density at radius 1 is 1.36 bits per heavy atom. The van der Waals surface area contributed by atoms with E-state index in [1.807, 2.05) is 25.3 Å². The van der Waals surface area contributed by atoms with E-state index in [9.17, 15) is 0 Å². The van der Waals surface area contributed by atoms with Gasteiger partial charge in [-0.3, -0.25) is 0 Å². The Morgan fingerprint density at radius 3 is 2.71 bits per heavy atom. The van der Waals surface area contributed by atoms with Gasteiger partial charge in [-0.25, -0.2) is 4.68 Å². The number of nitrogen functional groups attached to an aromatic ring is 1. The van der Waals surface area contributed by atoms with Crippen LogP contribution in [-0.4, -0.2) is 9.78 Å². The van der Waals surface area contributed by atoms with E-state index in [0.717, 1.165) is 11.4 Å². The van der Waals surface area contributed by atoms with Crippen molar-refractivity contribution in [1.82, 2.24) is 9.78 Å². The van der Waals surface area contributed by atoms with Gasteiger partial charge in [-0.1, -0.05) is 11.6 Å². The molecular weight excluding hydrogens is 198 g/mol. The SMILES string of the molecule is Cc1ccn(-c2ccc(Cl)cc2N)n1. The van der Waals surface area contributed by atoms with Gasteiger partial charge in [-0.15, -0.1) is 0 Å². The molecule has 0 saturated heterocycles. The maximum absolute atomic E-state index is 5.82. The summed E-state index contributed by atoms with van der Waals surface area (Å²) in [5.74, 6) is 0. The quantitative estimate of drug-likeness (QED) is 0.730. The average Bonchev–Trinajstić information content (AvgIpc) is 2.51. The first kappa shape index (κ1) is 9.09. The first-order valence-electron chi connectivity index (χ1n) is 4.24. The summed E-state index contributed by atoms with van der Waals surface area (Å²) in [6, 6.07) is 7.29. The maximum atomic E-state index is 5.82. The molecule has 2 N–H and O–H groups in total. The lowest BCUT2D eigenvalue weighted by atomic mass is 10.3. The highest BCUT2D eigenvalue weighted by atomic mass is 35.5. The Labute approximate surface area is 87.1 Å². The standard InChI is InChI=1S/C10H10ClN3/c1-7-4-5-14(13-7)10-3-2-8(11)6-9(10)12/h2-6H,12H2,1H3. The minimum absolute atomic E-state index is 0.626. The van der Waals surface area contributed by atoms with E-state index in [4.69, 9.17) is 17.3 Å². The minimum atomic E-state index is 0.626. The van der Waals surface area contributed by atoms with Crippen LogP contribution in [0.2, 0.25) is 5.02 Å². The third kappa shape index (κ3) is 1.59. The molecule has 0 bridgehead atoms. The number of anilines is 1. The van der Waals surface area contributed by atoms with Crippen molar-refractivity contribution < 1.29 is 0 Å². The Balaban J connectivity index is 2.52. The van der Waals surface area contributed by atoms with Crippen LogP contribution in [0.25, 0.3) is 5.69 Å². The highest BCUT2D eigenvalue weighted by Crippen LogP contribution is 2.21. The summed E-state index contributed by atoms with van der Waals surface area (Å²) >= 11 is 5.80. The van der Waals surface area contributed by atoms with Crippen molar-refractivity contribution in [2.45, 2.75) is 6.92 Å². The fourth-order valence-corrected chi connectivity index (χ4v) is 1.46. The van der Waals surface area contributed by atoms with Crippen LogP contribution in [0.3, 0.4) is 0 Å². The summed E-state index contributed by atoms with van der Waals surface area (Å²) < 4.78 is 1.74. The van der Waals surface area contributed by atoms with E-state index >= 15 is 0 Å². The van der Waals surface area contributed by atoms with Gasteiger partial charge in [-0.2, -0.15) is 5.10 Å². The topological polar surface area (TPSA) is 43.8 Å². The van der Waals surface area contributed by atoms with Crippen molar-refractivity contribution in [3.8, 4) is 5.69 Å². The van der Waals surface area contributed by atoms with Crippen molar-refractivity contribution in [3.63, 3.8) is 0 Å². The molecule has 0 amide bonds. The molecule has 1 aromatic carbocycles. The van der Waals surface area contributed by atoms with Gasteiger partial charge >= 0.3 is 0 Å². The number of benzene rings is 1. The second-order valence-corrected chi connectivity index (χ2v) is 3.54. The molecule has 2 aromatic rings. The summed E-state index contributed by atoms with van der Waals surface area (Å²) in [6.45, 7) is 1.93. The van der Waals surface area contributed by atoms with Crippen LogP contribution < -0.4 is 5.73 Å². The van der Waals surface area contributed by atoms with Gasteiger partial charge in [0.2, 0.25) is 0 Å². The predicted molar refractivity (Wildman–Crippen MR) is 57.7 cm³/mol. The van der Waals surface area contributed by atoms with Crippen LogP contribution in [0.15, 0.2) is 30.5 Å². The molecule has 0 fully saturated rings. The molecule has 0 aliphatic carbocycles. The van der Waals surface area contributed by atoms with Crippen LogP contribution in [0.4, 0.5) is 5.69 Å². The largest absolute Gasteiger partial charge is 0.397 e. The second kappa shape index (κ2) is 3.35. The zero-order valence-corrected chi connectivity index (χ0v) is 8.49. The van der Waals surface area contributed by atoms with E-state index < -0.39 is 0 Å². The summed E-state index contributed by atoms with van der Waals surface area (Å²) in [4.78, 5) is 0. The molecule has 0 atom stereocenters. The number of aromatic nitrogens is 2. The highest BCUT2D eigenvalue weighted by Gasteiger charge is 2.02. The number of rotatable bonds is 1. The normalized spacial score (nSPS) is 10.4. The molecule has 0 radical (unpaired) electrons. The molecule has 0 saturated carbocycles. The first-order valence-corrected chi connectivity index (χ1v) is 4.62. The summed E-state index contributed by atoms with van der Waals surface area (Å²) in [5, 5.41) is 4.90. The van der Waals surface area contributed by atoms with Crippen LogP contribution in [0.5, 0.6) is 0 Å². The third-order valence-electron chi connectivity index (χ3n) is 1.96. The van der Waals surface area contributed by atoms with E-state index in [1.165, 1.54) is 0 Å². The molecule has 0 aliphatic rings. The van der Waals surface area contributed by atoms with Crippen molar-refractivity contribution >= 4 is 17.3 Å². The number of hydrogen-bond acceptors (Lipinski definition) is 2. The fourth-order valence-electron chi connectivity index (χ4n) is 1.28. The minimum Gasteiger partial charge on any atom is -0.397 e. The lowest BCUT2D eigenvalue weighted by Gasteiger charge is -2.05. The van der Waals surface area contributed by atoms with Crippen LogP contribution in [0.1, 0.15) is 5.69 Å². The monoisotopic (exact) mass is 207 g/mol. The molecule has 4 heteroatoms. The Bertz CT molecular complexity index is 462. The number of aryl methyl sites for hydroxylation is 1. The lowest BCUT2D eigenvalue weighted by molar-refractivity contribution is 0.865. The van der Waals surface area contributed by atoms with E-state index in [2.05, 4.69) is 5.10 Å². The zero-order valence-electron chi connectivity index (χ0n) is 7.74. The van der Waals surface area contributed by atoms with Gasteiger partial charge in [0, 0.05) is 11.2 Å². The molecule has 0 unspecified atom stereocenters. The maximum Gasteiger partial charge on any atom is 0.0875 e. The van der Waals surface area contributed by atoms with Crippen molar-refractivity contribution in [2.24, 2.45) is 0 Å². The number of hydrogen-bond donors (Lipinski definition) is 1. The van der Waals surface area contributed by atoms with Gasteiger partial charge < -0.3 is 5.73 Å². The van der Waals surface area contributed by atoms with E-state index in [0.29, 0.717) is 10.7 Å². The number of nitrogens with two attached hydrogens (primary N) is 1. The fraction of sp³-hybridized carbons (Fsp3) is 0.100. The molecular formula is C10H10ClN3. The van der Waals surface area contributed by atoms with Crippen LogP contribution >= 0.6 is 11.6 Å². The number of halogens is 1. The second-order valence-electron chi connectivity index (χ2n) is 3.10. The summed E-state index contributed by atoms with van der Waals surface area (Å²) in [5.41, 5.74) is 8.25. The number of nitrogens with zero attached hydrogens (tertiary/aromatic N) is 2. The Kier molecular flexibility index (Phi) is 2.17. The van der Waals surface area contributed by atoms with Crippen LogP contribution in [0, 0.1) is 6.92 Å². The van der Waals surface area contributed by atoms with Gasteiger partial charge in [0.1, 0.15) is 0 Å². The smallest absolute Gasteiger partial charge is 0.0875 e. The molecule has 1 heterocycles. The van der Waals surface area contributed by atoms with Crippen molar-refractivity contribution in [2.75, 3.05) is 5.73 Å². The van der Waals surface area contributed by atoms with E-state index in [-0.39, 0.29) is 0 Å². The van der Waals surface area contributed by atoms with Gasteiger partial charge in [-0.05, 0) is 31.2 Å². The lowest BCUT2D eigenvalue weighted by Crippen LogP contribution is -2.00. The summed E-state index contributed by atoms with van der Waals surface area (Å²) in [6.07, 6.45) is 1.87. The summed E-state index contributed by atoms with van der Waals surface area (Å²) in [7, 11) is 0. The van der Waals surface area contributed by atoms with Crippen molar-refractivity contribution in [1.29, 1.82) is 0 Å². The average molecular weight is 208 g/mol. The Hall–Kier alpha value is -1.48. The Morgan fingerprint density at radius 2 is 2.14 bits per heavy atom. The first-order chi connectivity index (χ1) is 6.66. The van der Waals surface area contributed by atoms with E-state index in [1.54, 1.807) is 16.8 Å². The van der Waals surface area contributed by atoms with Gasteiger partial charge in [0.25, 0.3) is 0 Å². The molecule has 72 valence electrons. The molecule has 0 spiro atoms. The van der Waals surface area contributed by atoms with Crippen LogP contribution in [-0.2, 0) is 0 Å². The zero-order chi connectivity index (χ0) is 10.1. The molecule has 0 aliphatic heterocycles. The molecule has 1 aromatic heterocycles. The third-order valence-corrected chi connectivity index (χ3v) is 2.19.